The van der Waals surface area contributed by atoms with E-state index in [1.807, 2.05) is 12.1 Å². The van der Waals surface area contributed by atoms with Gasteiger partial charge in [0, 0.05) is 19.1 Å². The Hall–Kier alpha value is -1.69. The van der Waals surface area contributed by atoms with Crippen molar-refractivity contribution >= 4 is 11.5 Å². The summed E-state index contributed by atoms with van der Waals surface area (Å²) in [5.74, 6) is 0.947. The van der Waals surface area contributed by atoms with E-state index in [0.717, 1.165) is 37.4 Å². The summed E-state index contributed by atoms with van der Waals surface area (Å²) >= 11 is 0. The Kier molecular flexibility index (Phi) is 2.21. The SMILES string of the molecule is N[C@@H]1CCCN(c2ccc3nncn3n2)C1. The smallest absolute Gasteiger partial charge is 0.177 e. The zero-order valence-corrected chi connectivity index (χ0v) is 8.95. The Labute approximate surface area is 93.1 Å². The highest BCUT2D eigenvalue weighted by molar-refractivity contribution is 5.45. The zero-order valence-electron chi connectivity index (χ0n) is 8.95. The highest BCUT2D eigenvalue weighted by atomic mass is 15.4. The third kappa shape index (κ3) is 1.61. The molecule has 1 aliphatic rings. The highest BCUT2D eigenvalue weighted by Crippen LogP contribution is 2.16. The molecule has 1 fully saturated rings. The van der Waals surface area contributed by atoms with Gasteiger partial charge >= 0.3 is 0 Å². The third-order valence-electron chi connectivity index (χ3n) is 2.93. The van der Waals surface area contributed by atoms with E-state index >= 15 is 0 Å². The van der Waals surface area contributed by atoms with Crippen LogP contribution >= 0.6 is 0 Å². The minimum Gasteiger partial charge on any atom is -0.354 e. The fourth-order valence-corrected chi connectivity index (χ4v) is 2.11. The summed E-state index contributed by atoms with van der Waals surface area (Å²) in [5.41, 5.74) is 6.72. The first-order valence-electron chi connectivity index (χ1n) is 5.50. The van der Waals surface area contributed by atoms with Gasteiger partial charge in [-0.15, -0.1) is 15.3 Å². The number of rotatable bonds is 1. The second-order valence-electron chi connectivity index (χ2n) is 4.17. The molecular weight excluding hydrogens is 204 g/mol. The summed E-state index contributed by atoms with van der Waals surface area (Å²) in [6, 6.07) is 4.16. The molecule has 0 aliphatic carbocycles. The zero-order chi connectivity index (χ0) is 11.0. The van der Waals surface area contributed by atoms with Crippen molar-refractivity contribution in [3.05, 3.63) is 18.5 Å². The molecule has 6 nitrogen and oxygen atoms in total. The largest absolute Gasteiger partial charge is 0.354 e. The average molecular weight is 218 g/mol. The van der Waals surface area contributed by atoms with Crippen molar-refractivity contribution in [1.82, 2.24) is 19.8 Å². The van der Waals surface area contributed by atoms with Gasteiger partial charge in [0.2, 0.25) is 0 Å². The molecule has 1 saturated heterocycles. The topological polar surface area (TPSA) is 72.3 Å². The number of fused-ring (bicyclic) bond motifs is 1. The standard InChI is InChI=1S/C10H14N6/c11-8-2-1-5-15(6-8)10-4-3-9-13-12-7-16(9)14-10/h3-4,7-8H,1-2,5-6,11H2/t8-/m1/s1. The van der Waals surface area contributed by atoms with E-state index in [4.69, 9.17) is 5.73 Å². The minimum atomic E-state index is 0.257. The second kappa shape index (κ2) is 3.71. The van der Waals surface area contributed by atoms with Crippen molar-refractivity contribution in [3.8, 4) is 0 Å². The van der Waals surface area contributed by atoms with Crippen molar-refractivity contribution in [2.24, 2.45) is 5.73 Å². The van der Waals surface area contributed by atoms with Gasteiger partial charge in [0.25, 0.3) is 0 Å². The number of anilines is 1. The van der Waals surface area contributed by atoms with Gasteiger partial charge in [-0.25, -0.2) is 0 Å². The highest BCUT2D eigenvalue weighted by Gasteiger charge is 2.18. The first-order chi connectivity index (χ1) is 7.83. The van der Waals surface area contributed by atoms with E-state index in [1.165, 1.54) is 0 Å². The molecule has 0 saturated carbocycles. The van der Waals surface area contributed by atoms with E-state index in [1.54, 1.807) is 10.8 Å². The van der Waals surface area contributed by atoms with Gasteiger partial charge < -0.3 is 10.6 Å². The summed E-state index contributed by atoms with van der Waals surface area (Å²) in [6.45, 7) is 1.90. The summed E-state index contributed by atoms with van der Waals surface area (Å²) < 4.78 is 1.69. The molecule has 16 heavy (non-hydrogen) atoms. The number of piperidine rings is 1. The molecule has 1 aliphatic heterocycles. The maximum absolute atomic E-state index is 5.95. The van der Waals surface area contributed by atoms with E-state index in [2.05, 4.69) is 20.2 Å². The second-order valence-corrected chi connectivity index (χ2v) is 4.17. The fourth-order valence-electron chi connectivity index (χ4n) is 2.11. The van der Waals surface area contributed by atoms with Gasteiger partial charge in [0.1, 0.15) is 12.1 Å². The summed E-state index contributed by atoms with van der Waals surface area (Å²) in [7, 11) is 0. The predicted octanol–water partition coefficient (Wildman–Crippen LogP) is 0.0518. The molecular formula is C10H14N6. The summed E-state index contributed by atoms with van der Waals surface area (Å²) in [6.07, 6.45) is 3.84. The Bertz CT molecular complexity index is 493. The Balaban J connectivity index is 1.92. The van der Waals surface area contributed by atoms with Crippen molar-refractivity contribution in [3.63, 3.8) is 0 Å². The van der Waals surface area contributed by atoms with E-state index < -0.39 is 0 Å². The number of nitrogens with two attached hydrogens (primary N) is 1. The van der Waals surface area contributed by atoms with Gasteiger partial charge in [-0.1, -0.05) is 0 Å². The van der Waals surface area contributed by atoms with Crippen molar-refractivity contribution in [2.75, 3.05) is 18.0 Å². The molecule has 0 unspecified atom stereocenters. The van der Waals surface area contributed by atoms with E-state index in [0.29, 0.717) is 0 Å². The summed E-state index contributed by atoms with van der Waals surface area (Å²) in [4.78, 5) is 2.22. The Morgan fingerprint density at radius 2 is 2.31 bits per heavy atom. The lowest BCUT2D eigenvalue weighted by Gasteiger charge is -2.31. The lowest BCUT2D eigenvalue weighted by Crippen LogP contribution is -2.43. The lowest BCUT2D eigenvalue weighted by molar-refractivity contribution is 0.501. The van der Waals surface area contributed by atoms with Crippen LogP contribution < -0.4 is 10.6 Å². The molecule has 2 N–H and O–H groups in total. The van der Waals surface area contributed by atoms with Gasteiger partial charge in [-0.2, -0.15) is 4.52 Å². The molecule has 84 valence electrons. The molecule has 2 aromatic rings. The predicted molar refractivity (Wildman–Crippen MR) is 60.2 cm³/mol. The van der Waals surface area contributed by atoms with Gasteiger partial charge in [-0.3, -0.25) is 0 Å². The van der Waals surface area contributed by atoms with Crippen LogP contribution in [-0.4, -0.2) is 38.9 Å². The van der Waals surface area contributed by atoms with Crippen LogP contribution in [-0.2, 0) is 0 Å². The minimum absolute atomic E-state index is 0.257. The molecule has 2 aromatic heterocycles. The maximum Gasteiger partial charge on any atom is 0.177 e. The molecule has 6 heteroatoms. The van der Waals surface area contributed by atoms with Crippen molar-refractivity contribution in [2.45, 2.75) is 18.9 Å². The van der Waals surface area contributed by atoms with Crippen LogP contribution in [0.15, 0.2) is 18.5 Å². The molecule has 0 spiro atoms. The monoisotopic (exact) mass is 218 g/mol. The molecule has 3 rings (SSSR count). The number of nitrogens with zero attached hydrogens (tertiary/aromatic N) is 5. The molecule has 0 bridgehead atoms. The molecule has 0 amide bonds. The van der Waals surface area contributed by atoms with E-state index in [-0.39, 0.29) is 6.04 Å². The van der Waals surface area contributed by atoms with Crippen LogP contribution in [0.4, 0.5) is 5.82 Å². The Morgan fingerprint density at radius 1 is 1.38 bits per heavy atom. The number of hydrogen-bond acceptors (Lipinski definition) is 5. The van der Waals surface area contributed by atoms with Crippen LogP contribution in [0.2, 0.25) is 0 Å². The van der Waals surface area contributed by atoms with Gasteiger partial charge in [0.05, 0.1) is 0 Å². The van der Waals surface area contributed by atoms with Gasteiger partial charge in [0.15, 0.2) is 5.65 Å². The molecule has 1 atom stereocenters. The van der Waals surface area contributed by atoms with Crippen LogP contribution in [0, 0.1) is 0 Å². The summed E-state index contributed by atoms with van der Waals surface area (Å²) in [5, 5.41) is 12.2. The molecule has 0 radical (unpaired) electrons. The van der Waals surface area contributed by atoms with Gasteiger partial charge in [-0.05, 0) is 25.0 Å². The van der Waals surface area contributed by atoms with E-state index in [9.17, 15) is 0 Å². The van der Waals surface area contributed by atoms with Crippen LogP contribution in [0.5, 0.6) is 0 Å². The molecule has 0 aromatic carbocycles. The third-order valence-corrected chi connectivity index (χ3v) is 2.93. The quantitative estimate of drug-likeness (QED) is 0.732. The molecule has 3 heterocycles. The first kappa shape index (κ1) is 9.53. The van der Waals surface area contributed by atoms with Crippen LogP contribution in [0.3, 0.4) is 0 Å². The Morgan fingerprint density at radius 3 is 3.19 bits per heavy atom. The van der Waals surface area contributed by atoms with Crippen LogP contribution in [0.25, 0.3) is 5.65 Å². The first-order valence-corrected chi connectivity index (χ1v) is 5.50. The lowest BCUT2D eigenvalue weighted by atomic mass is 10.1. The van der Waals surface area contributed by atoms with Crippen molar-refractivity contribution in [1.29, 1.82) is 0 Å². The normalized spacial score (nSPS) is 21.6. The van der Waals surface area contributed by atoms with Crippen LogP contribution in [0.1, 0.15) is 12.8 Å². The fraction of sp³-hybridized carbons (Fsp3) is 0.500. The van der Waals surface area contributed by atoms with Crippen molar-refractivity contribution < 1.29 is 0 Å². The average Bonchev–Trinajstić information content (AvgIpc) is 2.75. The number of aromatic nitrogens is 4. The maximum atomic E-state index is 5.95. The number of hydrogen-bond donors (Lipinski definition) is 1.